The second kappa shape index (κ2) is 6.37. The molecule has 0 aliphatic heterocycles. The molecule has 1 amide bonds. The molecule has 21 heavy (non-hydrogen) atoms. The summed E-state index contributed by atoms with van der Waals surface area (Å²) in [6, 6.07) is 8.64. The van der Waals surface area contributed by atoms with Gasteiger partial charge in [0.1, 0.15) is 0 Å². The van der Waals surface area contributed by atoms with Gasteiger partial charge in [-0.25, -0.2) is 5.43 Å². The van der Waals surface area contributed by atoms with Gasteiger partial charge in [-0.05, 0) is 24.0 Å². The van der Waals surface area contributed by atoms with E-state index in [1.54, 1.807) is 31.2 Å². The van der Waals surface area contributed by atoms with Crippen LogP contribution in [0.5, 0.6) is 0 Å². The summed E-state index contributed by atoms with van der Waals surface area (Å²) in [6.07, 6.45) is 1.23. The first-order valence-electron chi connectivity index (χ1n) is 5.98. The van der Waals surface area contributed by atoms with Crippen LogP contribution in [0, 0.1) is 10.1 Å². The number of nitrogens with zero attached hydrogens (tertiary/aromatic N) is 5. The monoisotopic (exact) mass is 288 g/mol. The van der Waals surface area contributed by atoms with Gasteiger partial charge in [0.15, 0.2) is 0 Å². The molecule has 1 N–H and O–H groups in total. The minimum Gasteiger partial charge on any atom is -0.390 e. The molecule has 1 heterocycles. The van der Waals surface area contributed by atoms with Crippen LogP contribution >= 0.6 is 0 Å². The summed E-state index contributed by atoms with van der Waals surface area (Å²) in [6.45, 7) is 1.86. The van der Waals surface area contributed by atoms with Crippen LogP contribution in [0.1, 0.15) is 17.3 Å². The zero-order chi connectivity index (χ0) is 15.2. The van der Waals surface area contributed by atoms with Crippen molar-refractivity contribution in [2.24, 2.45) is 5.10 Å². The number of aromatic nitrogens is 3. The average molecular weight is 288 g/mol. The number of nitrogens with one attached hydrogen (secondary N) is 1. The molecule has 0 saturated heterocycles. The molecule has 0 unspecified atom stereocenters. The molecule has 2 aromatic rings. The first-order chi connectivity index (χ1) is 10.1. The number of rotatable bonds is 5. The highest BCUT2D eigenvalue weighted by Gasteiger charge is 2.13. The molecule has 0 fully saturated rings. The van der Waals surface area contributed by atoms with E-state index >= 15 is 0 Å². The number of amides is 1. The highest BCUT2D eigenvalue weighted by atomic mass is 16.6. The van der Waals surface area contributed by atoms with Crippen molar-refractivity contribution in [3.8, 4) is 0 Å². The largest absolute Gasteiger partial charge is 0.490 e. The highest BCUT2D eigenvalue weighted by Crippen LogP contribution is 2.00. The van der Waals surface area contributed by atoms with Gasteiger partial charge < -0.3 is 10.1 Å². The normalized spacial score (nSPS) is 11.2. The van der Waals surface area contributed by atoms with Crippen LogP contribution in [0.3, 0.4) is 0 Å². The Balaban J connectivity index is 1.95. The zero-order valence-corrected chi connectivity index (χ0v) is 11.1. The molecule has 0 spiro atoms. The Morgan fingerprint density at radius 1 is 1.43 bits per heavy atom. The third kappa shape index (κ3) is 3.93. The second-order valence-electron chi connectivity index (χ2n) is 4.15. The van der Waals surface area contributed by atoms with E-state index in [0.29, 0.717) is 11.3 Å². The minimum absolute atomic E-state index is 0.190. The second-order valence-corrected chi connectivity index (χ2v) is 4.15. The van der Waals surface area contributed by atoms with Crippen LogP contribution in [0.25, 0.3) is 0 Å². The Morgan fingerprint density at radius 2 is 2.14 bits per heavy atom. The Bertz CT molecular complexity index is 679. The average Bonchev–Trinajstić information content (AvgIpc) is 2.94. The van der Waals surface area contributed by atoms with Crippen LogP contribution < -0.4 is 5.43 Å². The molecule has 1 aromatic heterocycles. The SMILES string of the molecule is CC(Cn1cnc([N+](=O)[O-])n1)=NNC(=O)c1ccccc1. The molecule has 9 heteroatoms. The van der Waals surface area contributed by atoms with Crippen molar-refractivity contribution in [1.29, 1.82) is 0 Å². The summed E-state index contributed by atoms with van der Waals surface area (Å²) in [7, 11) is 0. The molecule has 9 nitrogen and oxygen atoms in total. The molecule has 0 radical (unpaired) electrons. The Kier molecular flexibility index (Phi) is 4.34. The van der Waals surface area contributed by atoms with Crippen LogP contribution in [0.2, 0.25) is 0 Å². The minimum atomic E-state index is -0.680. The lowest BCUT2D eigenvalue weighted by Gasteiger charge is -2.01. The predicted molar refractivity (Wildman–Crippen MR) is 73.7 cm³/mol. The van der Waals surface area contributed by atoms with Crippen molar-refractivity contribution >= 4 is 17.6 Å². The van der Waals surface area contributed by atoms with Crippen LogP contribution in [-0.4, -0.2) is 31.3 Å². The zero-order valence-electron chi connectivity index (χ0n) is 11.1. The Morgan fingerprint density at radius 3 is 2.76 bits per heavy atom. The molecule has 0 atom stereocenters. The van der Waals surface area contributed by atoms with Crippen molar-refractivity contribution in [2.45, 2.75) is 13.5 Å². The highest BCUT2D eigenvalue weighted by molar-refractivity contribution is 5.95. The van der Waals surface area contributed by atoms with Crippen molar-refractivity contribution < 1.29 is 9.72 Å². The smallest absolute Gasteiger partial charge is 0.390 e. The third-order valence-corrected chi connectivity index (χ3v) is 2.46. The van der Waals surface area contributed by atoms with Crippen LogP contribution in [-0.2, 0) is 6.54 Å². The number of carbonyl (C=O) groups excluding carboxylic acids is 1. The predicted octanol–water partition coefficient (Wildman–Crippen LogP) is 0.992. The Labute approximate surface area is 119 Å². The summed E-state index contributed by atoms with van der Waals surface area (Å²) >= 11 is 0. The molecule has 0 aliphatic carbocycles. The fourth-order valence-electron chi connectivity index (χ4n) is 1.51. The lowest BCUT2D eigenvalue weighted by Crippen LogP contribution is -2.20. The topological polar surface area (TPSA) is 115 Å². The summed E-state index contributed by atoms with van der Waals surface area (Å²) in [5.74, 6) is -0.810. The van der Waals surface area contributed by atoms with E-state index in [4.69, 9.17) is 0 Å². The van der Waals surface area contributed by atoms with Gasteiger partial charge in [-0.2, -0.15) is 9.78 Å². The fourth-order valence-corrected chi connectivity index (χ4v) is 1.51. The van der Waals surface area contributed by atoms with E-state index in [-0.39, 0.29) is 12.5 Å². The van der Waals surface area contributed by atoms with Gasteiger partial charge in [0, 0.05) is 10.7 Å². The van der Waals surface area contributed by atoms with Gasteiger partial charge in [-0.1, -0.05) is 23.2 Å². The van der Waals surface area contributed by atoms with Crippen LogP contribution in [0.4, 0.5) is 5.95 Å². The van der Waals surface area contributed by atoms with Crippen molar-refractivity contribution in [3.05, 3.63) is 52.3 Å². The van der Waals surface area contributed by atoms with Gasteiger partial charge in [0.2, 0.25) is 6.33 Å². The van der Waals surface area contributed by atoms with Gasteiger partial charge >= 0.3 is 5.95 Å². The molecule has 1 aromatic carbocycles. The van der Waals surface area contributed by atoms with E-state index < -0.39 is 10.9 Å². The molecular weight excluding hydrogens is 276 g/mol. The molecule has 0 aliphatic rings. The Hall–Kier alpha value is -3.10. The summed E-state index contributed by atoms with van der Waals surface area (Å²) in [4.78, 5) is 25.0. The number of hydrazone groups is 1. The summed E-state index contributed by atoms with van der Waals surface area (Å²) in [5.41, 5.74) is 3.42. The molecule has 108 valence electrons. The maximum Gasteiger partial charge on any atom is 0.490 e. The maximum atomic E-state index is 11.8. The van der Waals surface area contributed by atoms with E-state index in [9.17, 15) is 14.9 Å². The van der Waals surface area contributed by atoms with Crippen molar-refractivity contribution in [3.63, 3.8) is 0 Å². The van der Waals surface area contributed by atoms with E-state index in [1.807, 2.05) is 6.07 Å². The van der Waals surface area contributed by atoms with Gasteiger partial charge in [-0.3, -0.25) is 4.79 Å². The number of benzene rings is 1. The first kappa shape index (κ1) is 14.3. The lowest BCUT2D eigenvalue weighted by atomic mass is 10.2. The molecule has 2 rings (SSSR count). The standard InChI is InChI=1S/C12H12N6O3/c1-9(7-17-8-13-12(16-17)18(20)21)14-15-11(19)10-5-3-2-4-6-10/h2-6,8H,7H2,1H3,(H,15,19). The lowest BCUT2D eigenvalue weighted by molar-refractivity contribution is -0.394. The van der Waals surface area contributed by atoms with Gasteiger partial charge in [-0.15, -0.1) is 0 Å². The van der Waals surface area contributed by atoms with Gasteiger partial charge in [0.05, 0.1) is 12.3 Å². The molecular formula is C12H12N6O3. The van der Waals surface area contributed by atoms with Crippen LogP contribution in [0.15, 0.2) is 41.8 Å². The number of carbonyl (C=O) groups is 1. The van der Waals surface area contributed by atoms with E-state index in [1.165, 1.54) is 11.0 Å². The summed E-state index contributed by atoms with van der Waals surface area (Å²) in [5, 5.41) is 18.0. The van der Waals surface area contributed by atoms with Crippen molar-refractivity contribution in [2.75, 3.05) is 0 Å². The fraction of sp³-hybridized carbons (Fsp3) is 0.167. The molecule has 0 bridgehead atoms. The maximum absolute atomic E-state index is 11.8. The van der Waals surface area contributed by atoms with E-state index in [0.717, 1.165) is 0 Å². The number of hydrogen-bond acceptors (Lipinski definition) is 6. The quantitative estimate of drug-likeness (QED) is 0.500. The number of hydrogen-bond donors (Lipinski definition) is 1. The van der Waals surface area contributed by atoms with E-state index in [2.05, 4.69) is 20.6 Å². The molecule has 0 saturated carbocycles. The number of nitro groups is 1. The third-order valence-electron chi connectivity index (χ3n) is 2.46. The van der Waals surface area contributed by atoms with Gasteiger partial charge in [0.25, 0.3) is 5.91 Å². The first-order valence-corrected chi connectivity index (χ1v) is 5.98. The van der Waals surface area contributed by atoms with Crippen molar-refractivity contribution in [1.82, 2.24) is 20.2 Å². The summed E-state index contributed by atoms with van der Waals surface area (Å²) < 4.78 is 1.27.